The van der Waals surface area contributed by atoms with E-state index in [0.717, 1.165) is 11.1 Å². The molecule has 0 unspecified atom stereocenters. The minimum absolute atomic E-state index is 0.187. The molecular weight excluding hydrogens is 346 g/mol. The number of aromatic nitrogens is 2. The Morgan fingerprint density at radius 3 is 2.60 bits per heavy atom. The van der Waals surface area contributed by atoms with Gasteiger partial charge >= 0.3 is 5.97 Å². The Bertz CT molecular complexity index is 885. The van der Waals surface area contributed by atoms with Gasteiger partial charge in [0.2, 0.25) is 5.03 Å². The zero-order chi connectivity index (χ0) is 18.0. The summed E-state index contributed by atoms with van der Waals surface area (Å²) in [5, 5.41) is 13.1. The maximum atomic E-state index is 12.8. The van der Waals surface area contributed by atoms with Crippen LogP contribution in [0.3, 0.4) is 0 Å². The average Bonchev–Trinajstić information content (AvgIpc) is 3.03. The lowest BCUT2D eigenvalue weighted by atomic mass is 10.1. The number of sulfonamides is 1. The van der Waals surface area contributed by atoms with Crippen LogP contribution >= 0.6 is 0 Å². The fourth-order valence-electron chi connectivity index (χ4n) is 2.69. The highest BCUT2D eigenvalue weighted by molar-refractivity contribution is 7.89. The Hall–Kier alpha value is -2.23. The first-order valence-corrected chi connectivity index (χ1v) is 9.27. The number of carbonyl (C=O) groups is 1. The monoisotopic (exact) mass is 365 g/mol. The predicted molar refractivity (Wildman–Crippen MR) is 89.0 cm³/mol. The van der Waals surface area contributed by atoms with Crippen molar-refractivity contribution in [3.05, 3.63) is 47.2 Å². The van der Waals surface area contributed by atoms with Crippen LogP contribution in [0.15, 0.2) is 35.5 Å². The zero-order valence-electron chi connectivity index (χ0n) is 13.8. The summed E-state index contributed by atoms with van der Waals surface area (Å²) < 4.78 is 33.3. The second-order valence-corrected chi connectivity index (χ2v) is 7.65. The average molecular weight is 365 g/mol. The maximum absolute atomic E-state index is 12.8. The van der Waals surface area contributed by atoms with E-state index in [1.54, 1.807) is 0 Å². The third-order valence-corrected chi connectivity index (χ3v) is 5.94. The van der Waals surface area contributed by atoms with Crippen LogP contribution in [0.1, 0.15) is 21.5 Å². The Morgan fingerprint density at radius 2 is 1.96 bits per heavy atom. The molecule has 25 heavy (non-hydrogen) atoms. The molecule has 1 N–H and O–H groups in total. The summed E-state index contributed by atoms with van der Waals surface area (Å²) in [7, 11) is -3.98. The van der Waals surface area contributed by atoms with Gasteiger partial charge in [0.05, 0.1) is 19.8 Å². The van der Waals surface area contributed by atoms with Gasteiger partial charge in [0.25, 0.3) is 10.0 Å². The lowest BCUT2D eigenvalue weighted by Gasteiger charge is -2.25. The van der Waals surface area contributed by atoms with Gasteiger partial charge in [0.1, 0.15) is 5.56 Å². The molecule has 0 saturated carbocycles. The van der Waals surface area contributed by atoms with Crippen molar-refractivity contribution in [2.24, 2.45) is 0 Å². The molecule has 1 aliphatic heterocycles. The van der Waals surface area contributed by atoms with Gasteiger partial charge in [-0.2, -0.15) is 9.40 Å². The number of carboxylic acid groups (broad SMARTS) is 1. The smallest absolute Gasteiger partial charge is 0.340 e. The molecule has 0 amide bonds. The second-order valence-electron chi connectivity index (χ2n) is 5.79. The van der Waals surface area contributed by atoms with Crippen LogP contribution in [0.4, 0.5) is 0 Å². The SMILES string of the molecule is Cc1ccccc1Cn1cc(C(=O)O)c(S(=O)(=O)N2CCOCC2)n1. The van der Waals surface area contributed by atoms with Crippen LogP contribution in [0.2, 0.25) is 0 Å². The molecule has 1 fully saturated rings. The lowest BCUT2D eigenvalue weighted by molar-refractivity contribution is 0.0688. The number of aryl methyl sites for hydroxylation is 1. The summed E-state index contributed by atoms with van der Waals surface area (Å²) in [5.41, 5.74) is 1.64. The molecule has 0 atom stereocenters. The number of ether oxygens (including phenoxy) is 1. The molecule has 0 bridgehead atoms. The number of morpholine rings is 1. The summed E-state index contributed by atoms with van der Waals surface area (Å²) in [5.74, 6) is -1.32. The number of hydrogen-bond acceptors (Lipinski definition) is 5. The molecule has 134 valence electrons. The van der Waals surface area contributed by atoms with E-state index in [1.165, 1.54) is 15.2 Å². The van der Waals surface area contributed by atoms with Gasteiger partial charge in [-0.25, -0.2) is 13.2 Å². The highest BCUT2D eigenvalue weighted by Crippen LogP contribution is 2.21. The molecule has 1 aliphatic rings. The van der Waals surface area contributed by atoms with E-state index in [4.69, 9.17) is 4.74 Å². The molecule has 3 rings (SSSR count). The summed E-state index contributed by atoms with van der Waals surface area (Å²) in [4.78, 5) is 11.5. The van der Waals surface area contributed by atoms with Gasteiger partial charge in [0, 0.05) is 19.3 Å². The quantitative estimate of drug-likeness (QED) is 0.847. The number of aromatic carboxylic acids is 1. The maximum Gasteiger partial charge on any atom is 0.340 e. The highest BCUT2D eigenvalue weighted by Gasteiger charge is 2.33. The Morgan fingerprint density at radius 1 is 1.28 bits per heavy atom. The molecule has 1 aromatic heterocycles. The van der Waals surface area contributed by atoms with Crippen LogP contribution in [0, 0.1) is 6.92 Å². The molecule has 8 nitrogen and oxygen atoms in total. The van der Waals surface area contributed by atoms with Crippen LogP contribution in [-0.4, -0.2) is 59.9 Å². The molecular formula is C16H19N3O5S. The van der Waals surface area contributed by atoms with Gasteiger partial charge in [-0.1, -0.05) is 24.3 Å². The topological polar surface area (TPSA) is 102 Å². The molecule has 9 heteroatoms. The van der Waals surface area contributed by atoms with E-state index < -0.39 is 21.0 Å². The van der Waals surface area contributed by atoms with Crippen LogP contribution in [0.5, 0.6) is 0 Å². The van der Waals surface area contributed by atoms with Crippen molar-refractivity contribution < 1.29 is 23.1 Å². The van der Waals surface area contributed by atoms with Crippen molar-refractivity contribution in [2.75, 3.05) is 26.3 Å². The largest absolute Gasteiger partial charge is 0.478 e. The van der Waals surface area contributed by atoms with E-state index in [2.05, 4.69) is 5.10 Å². The van der Waals surface area contributed by atoms with Gasteiger partial charge in [-0.15, -0.1) is 0 Å². The first kappa shape index (κ1) is 17.6. The molecule has 1 aromatic carbocycles. The Balaban J connectivity index is 1.98. The molecule has 2 heterocycles. The number of hydrogen-bond donors (Lipinski definition) is 1. The normalized spacial score (nSPS) is 16.0. The number of carboxylic acids is 1. The molecule has 2 aromatic rings. The number of rotatable bonds is 5. The van der Waals surface area contributed by atoms with Crippen molar-refractivity contribution in [3.63, 3.8) is 0 Å². The summed E-state index contributed by atoms with van der Waals surface area (Å²) in [6.45, 7) is 3.17. The van der Waals surface area contributed by atoms with Crippen molar-refractivity contribution in [2.45, 2.75) is 18.5 Å². The molecule has 0 aliphatic carbocycles. The summed E-state index contributed by atoms with van der Waals surface area (Å²) in [6, 6.07) is 7.60. The van der Waals surface area contributed by atoms with Crippen molar-refractivity contribution >= 4 is 16.0 Å². The third-order valence-electron chi connectivity index (χ3n) is 4.11. The first-order valence-electron chi connectivity index (χ1n) is 7.83. The van der Waals surface area contributed by atoms with E-state index in [9.17, 15) is 18.3 Å². The Kier molecular flexibility index (Phi) is 4.89. The van der Waals surface area contributed by atoms with Gasteiger partial charge < -0.3 is 9.84 Å². The summed E-state index contributed by atoms with van der Waals surface area (Å²) in [6.07, 6.45) is 1.27. The minimum atomic E-state index is -3.98. The molecule has 0 radical (unpaired) electrons. The van der Waals surface area contributed by atoms with E-state index in [-0.39, 0.29) is 31.9 Å². The van der Waals surface area contributed by atoms with Crippen molar-refractivity contribution in [1.82, 2.24) is 14.1 Å². The molecule has 0 spiro atoms. The summed E-state index contributed by atoms with van der Waals surface area (Å²) >= 11 is 0. The first-order chi connectivity index (χ1) is 11.9. The van der Waals surface area contributed by atoms with Crippen molar-refractivity contribution in [1.29, 1.82) is 0 Å². The lowest BCUT2D eigenvalue weighted by Crippen LogP contribution is -2.41. The fourth-order valence-corrected chi connectivity index (χ4v) is 4.19. The van der Waals surface area contributed by atoms with Crippen LogP contribution in [-0.2, 0) is 21.3 Å². The van der Waals surface area contributed by atoms with E-state index in [1.807, 2.05) is 31.2 Å². The molecule has 1 saturated heterocycles. The number of nitrogens with zero attached hydrogens (tertiary/aromatic N) is 3. The van der Waals surface area contributed by atoms with Crippen molar-refractivity contribution in [3.8, 4) is 0 Å². The fraction of sp³-hybridized carbons (Fsp3) is 0.375. The van der Waals surface area contributed by atoms with Gasteiger partial charge in [-0.3, -0.25) is 4.68 Å². The number of benzene rings is 1. The Labute approximate surface area is 145 Å². The highest BCUT2D eigenvalue weighted by atomic mass is 32.2. The van der Waals surface area contributed by atoms with Gasteiger partial charge in [-0.05, 0) is 18.1 Å². The van der Waals surface area contributed by atoms with E-state index >= 15 is 0 Å². The minimum Gasteiger partial charge on any atom is -0.478 e. The van der Waals surface area contributed by atoms with E-state index in [0.29, 0.717) is 6.54 Å². The van der Waals surface area contributed by atoms with Gasteiger partial charge in [0.15, 0.2) is 0 Å². The van der Waals surface area contributed by atoms with Crippen LogP contribution in [0.25, 0.3) is 0 Å². The predicted octanol–water partition coefficient (Wildman–Crippen LogP) is 0.959. The third kappa shape index (κ3) is 3.58. The standard InChI is InChI=1S/C16H19N3O5S/c1-12-4-2-3-5-13(12)10-18-11-14(16(20)21)15(17-18)25(22,23)19-6-8-24-9-7-19/h2-5,11H,6-10H2,1H3,(H,20,21). The second kappa shape index (κ2) is 6.95. The van der Waals surface area contributed by atoms with Crippen LogP contribution < -0.4 is 0 Å². The zero-order valence-corrected chi connectivity index (χ0v) is 14.6.